The van der Waals surface area contributed by atoms with E-state index in [1.165, 1.54) is 12.5 Å². The normalized spacial score (nSPS) is 11.2. The van der Waals surface area contributed by atoms with Crippen LogP contribution in [0.5, 0.6) is 0 Å². The van der Waals surface area contributed by atoms with Crippen LogP contribution in [-0.2, 0) is 13.1 Å². The molecule has 4 rings (SSSR count). The van der Waals surface area contributed by atoms with Crippen molar-refractivity contribution in [3.8, 4) is 11.1 Å². The third-order valence-corrected chi connectivity index (χ3v) is 5.73. The maximum absolute atomic E-state index is 13.3. The van der Waals surface area contributed by atoms with E-state index >= 15 is 0 Å². The molecule has 0 saturated carbocycles. The largest absolute Gasteiger partial charge is 0.389 e. The van der Waals surface area contributed by atoms with E-state index in [2.05, 4.69) is 15.3 Å². The first-order valence-electron chi connectivity index (χ1n) is 10.4. The van der Waals surface area contributed by atoms with Gasteiger partial charge in [-0.15, -0.1) is 0 Å². The van der Waals surface area contributed by atoms with Gasteiger partial charge in [-0.05, 0) is 23.3 Å². The van der Waals surface area contributed by atoms with Crippen molar-refractivity contribution < 1.29 is 13.6 Å². The van der Waals surface area contributed by atoms with Gasteiger partial charge in [-0.25, -0.2) is 4.98 Å². The quantitative estimate of drug-likeness (QED) is 0.323. The highest BCUT2D eigenvalue weighted by molar-refractivity contribution is 7.80. The third kappa shape index (κ3) is 4.93. The molecule has 2 aromatic heterocycles. The van der Waals surface area contributed by atoms with Gasteiger partial charge in [0.2, 0.25) is 0 Å². The molecule has 1 amide bonds. The highest BCUT2D eigenvalue weighted by Gasteiger charge is 2.16. The van der Waals surface area contributed by atoms with Crippen LogP contribution in [0.1, 0.15) is 21.6 Å². The minimum atomic E-state index is -0.748. The Kier molecular flexibility index (Phi) is 6.79. The van der Waals surface area contributed by atoms with Crippen molar-refractivity contribution >= 4 is 34.0 Å². The number of nitrogens with two attached hydrogens (primary N) is 1. The molecule has 33 heavy (non-hydrogen) atoms. The van der Waals surface area contributed by atoms with Gasteiger partial charge in [0.15, 0.2) is 0 Å². The highest BCUT2D eigenvalue weighted by atomic mass is 32.1. The lowest BCUT2D eigenvalue weighted by atomic mass is 10.0. The number of halogens is 2. The Morgan fingerprint density at radius 2 is 2.03 bits per heavy atom. The predicted molar refractivity (Wildman–Crippen MR) is 128 cm³/mol. The number of nitrogens with zero attached hydrogens (tertiary/aromatic N) is 2. The predicted octanol–water partition coefficient (Wildman–Crippen LogP) is 4.15. The number of alkyl halides is 2. The Bertz CT molecular complexity index is 1280. The molecular formula is C24H23F2N5OS. The average molecular weight is 468 g/mol. The first kappa shape index (κ1) is 22.6. The minimum absolute atomic E-state index is 0.197. The van der Waals surface area contributed by atoms with Crippen molar-refractivity contribution in [1.82, 2.24) is 19.9 Å². The Balaban J connectivity index is 1.71. The number of aromatic amines is 1. The molecular weight excluding hydrogens is 444 g/mol. The first-order valence-corrected chi connectivity index (χ1v) is 10.8. The van der Waals surface area contributed by atoms with E-state index in [1.807, 2.05) is 53.2 Å². The number of thiocarbonyl (C=S) groups is 1. The van der Waals surface area contributed by atoms with E-state index in [-0.39, 0.29) is 12.5 Å². The zero-order valence-corrected chi connectivity index (χ0v) is 18.5. The number of H-pyrrole nitrogens is 1. The zero-order chi connectivity index (χ0) is 23.4. The number of amides is 1. The number of aromatic nitrogens is 3. The van der Waals surface area contributed by atoms with Crippen LogP contribution in [-0.4, -0.2) is 38.8 Å². The molecule has 0 saturated heterocycles. The van der Waals surface area contributed by atoms with E-state index in [0.717, 1.165) is 33.2 Å². The van der Waals surface area contributed by atoms with Crippen molar-refractivity contribution in [2.45, 2.75) is 13.1 Å². The van der Waals surface area contributed by atoms with Crippen LogP contribution < -0.4 is 11.1 Å². The molecule has 0 aliphatic carbocycles. The molecule has 0 aliphatic rings. The van der Waals surface area contributed by atoms with Gasteiger partial charge in [-0.3, -0.25) is 13.6 Å². The number of hydrogen-bond acceptors (Lipinski definition) is 3. The standard InChI is InChI=1S/C24H23F2N5OS/c25-8-16(9-26)12-31-13-20(17-2-1-3-18(7-17)23(27)33)19-5-4-15(6-22(19)31)10-29-24(32)21-11-28-14-30-21/h1-7,11,13-14,16H,8-10,12H2,(H2,27,33)(H,28,30)(H,29,32). The van der Waals surface area contributed by atoms with Gasteiger partial charge in [0.1, 0.15) is 10.7 Å². The Hall–Kier alpha value is -3.59. The van der Waals surface area contributed by atoms with Gasteiger partial charge in [-0.2, -0.15) is 0 Å². The van der Waals surface area contributed by atoms with Crippen molar-refractivity contribution in [2.24, 2.45) is 11.7 Å². The fraction of sp³-hybridized carbons (Fsp3) is 0.208. The second kappa shape index (κ2) is 9.91. The number of carbonyl (C=O) groups excluding carboxylic acids is 1. The van der Waals surface area contributed by atoms with Crippen LogP contribution >= 0.6 is 12.2 Å². The average Bonchev–Trinajstić information content (AvgIpc) is 3.49. The molecule has 0 spiro atoms. The van der Waals surface area contributed by atoms with E-state index < -0.39 is 19.3 Å². The molecule has 4 aromatic rings. The van der Waals surface area contributed by atoms with E-state index in [0.29, 0.717) is 17.2 Å². The lowest BCUT2D eigenvalue weighted by molar-refractivity contribution is 0.0946. The summed E-state index contributed by atoms with van der Waals surface area (Å²) >= 11 is 5.11. The summed E-state index contributed by atoms with van der Waals surface area (Å²) < 4.78 is 28.5. The van der Waals surface area contributed by atoms with E-state index in [1.54, 1.807) is 0 Å². The van der Waals surface area contributed by atoms with Crippen molar-refractivity contribution in [3.05, 3.63) is 78.0 Å². The van der Waals surface area contributed by atoms with Gasteiger partial charge in [0.25, 0.3) is 5.91 Å². The number of rotatable bonds is 9. The molecule has 170 valence electrons. The van der Waals surface area contributed by atoms with Crippen LogP contribution in [0.4, 0.5) is 8.78 Å². The van der Waals surface area contributed by atoms with Gasteiger partial charge in [0, 0.05) is 47.2 Å². The summed E-state index contributed by atoms with van der Waals surface area (Å²) in [5, 5.41) is 3.77. The summed E-state index contributed by atoms with van der Waals surface area (Å²) in [6, 6.07) is 13.4. The highest BCUT2D eigenvalue weighted by Crippen LogP contribution is 2.32. The summed E-state index contributed by atoms with van der Waals surface area (Å²) in [6.45, 7) is -1.01. The topological polar surface area (TPSA) is 88.7 Å². The second-order valence-electron chi connectivity index (χ2n) is 7.81. The molecule has 0 bridgehead atoms. The van der Waals surface area contributed by atoms with Crippen molar-refractivity contribution in [3.63, 3.8) is 0 Å². The Morgan fingerprint density at radius 1 is 1.21 bits per heavy atom. The molecule has 0 unspecified atom stereocenters. The maximum atomic E-state index is 13.3. The fourth-order valence-electron chi connectivity index (χ4n) is 3.74. The number of benzene rings is 2. The summed E-state index contributed by atoms with van der Waals surface area (Å²) in [4.78, 5) is 19.1. The molecule has 6 nitrogen and oxygen atoms in total. The van der Waals surface area contributed by atoms with E-state index in [9.17, 15) is 13.6 Å². The SMILES string of the molecule is NC(=S)c1cccc(-c2cn(CC(CF)CF)c3cc(CNC(=O)c4cnc[nH]4)ccc23)c1. The first-order chi connectivity index (χ1) is 16.0. The summed E-state index contributed by atoms with van der Waals surface area (Å²) in [5.41, 5.74) is 10.4. The maximum Gasteiger partial charge on any atom is 0.269 e. The van der Waals surface area contributed by atoms with E-state index in [4.69, 9.17) is 18.0 Å². The fourth-order valence-corrected chi connectivity index (χ4v) is 3.87. The molecule has 0 atom stereocenters. The Morgan fingerprint density at radius 3 is 2.73 bits per heavy atom. The molecule has 2 aromatic carbocycles. The molecule has 2 heterocycles. The summed E-state index contributed by atoms with van der Waals surface area (Å²) in [5.74, 6) is -1.01. The van der Waals surface area contributed by atoms with Gasteiger partial charge in [0.05, 0.1) is 25.9 Å². The lowest BCUT2D eigenvalue weighted by Gasteiger charge is -2.12. The third-order valence-electron chi connectivity index (χ3n) is 5.49. The molecule has 0 radical (unpaired) electrons. The smallest absolute Gasteiger partial charge is 0.269 e. The number of carbonyl (C=O) groups is 1. The Labute approximate surface area is 194 Å². The van der Waals surface area contributed by atoms with Gasteiger partial charge in [-0.1, -0.05) is 42.5 Å². The number of imidazole rings is 1. The van der Waals surface area contributed by atoms with Crippen LogP contribution in [0.2, 0.25) is 0 Å². The monoisotopic (exact) mass is 467 g/mol. The molecule has 0 fully saturated rings. The second-order valence-corrected chi connectivity index (χ2v) is 8.25. The van der Waals surface area contributed by atoms with Crippen molar-refractivity contribution in [1.29, 1.82) is 0 Å². The van der Waals surface area contributed by atoms with Crippen LogP contribution in [0, 0.1) is 5.92 Å². The van der Waals surface area contributed by atoms with Gasteiger partial charge >= 0.3 is 0 Å². The minimum Gasteiger partial charge on any atom is -0.389 e. The molecule has 4 N–H and O–H groups in total. The number of hydrogen-bond donors (Lipinski definition) is 3. The number of fused-ring (bicyclic) bond motifs is 1. The van der Waals surface area contributed by atoms with Crippen LogP contribution in [0.15, 0.2) is 61.2 Å². The summed E-state index contributed by atoms with van der Waals surface area (Å²) in [7, 11) is 0. The van der Waals surface area contributed by atoms with Crippen LogP contribution in [0.25, 0.3) is 22.0 Å². The van der Waals surface area contributed by atoms with Crippen molar-refractivity contribution in [2.75, 3.05) is 13.3 Å². The molecule has 0 aliphatic heterocycles. The number of nitrogens with one attached hydrogen (secondary N) is 2. The van der Waals surface area contributed by atoms with Crippen LogP contribution in [0.3, 0.4) is 0 Å². The van der Waals surface area contributed by atoms with Gasteiger partial charge < -0.3 is 20.6 Å². The lowest BCUT2D eigenvalue weighted by Crippen LogP contribution is -2.23. The summed E-state index contributed by atoms with van der Waals surface area (Å²) in [6.07, 6.45) is 4.79. The zero-order valence-electron chi connectivity index (χ0n) is 17.7. The molecule has 9 heteroatoms.